The monoisotopic (exact) mass is 390 g/mol. The van der Waals surface area contributed by atoms with E-state index < -0.39 is 0 Å². The molecule has 0 radical (unpaired) electrons. The van der Waals surface area contributed by atoms with Crippen LogP contribution in [-0.2, 0) is 11.2 Å². The second-order valence-corrected chi connectivity index (χ2v) is 8.40. The van der Waals surface area contributed by atoms with Gasteiger partial charge in [-0.05, 0) is 30.4 Å². The summed E-state index contributed by atoms with van der Waals surface area (Å²) in [5.41, 5.74) is 0.768. The van der Waals surface area contributed by atoms with Crippen molar-refractivity contribution in [1.29, 1.82) is 0 Å². The minimum Gasteiger partial charge on any atom is -0.378 e. The molecule has 1 saturated heterocycles. The highest BCUT2D eigenvalue weighted by Gasteiger charge is 2.33. The Morgan fingerprint density at radius 1 is 1.37 bits per heavy atom. The molecule has 2 aromatic rings. The molecule has 0 aliphatic carbocycles. The Morgan fingerprint density at radius 2 is 2.11 bits per heavy atom. The van der Waals surface area contributed by atoms with Crippen molar-refractivity contribution in [2.45, 2.75) is 59.1 Å². The van der Waals surface area contributed by atoms with Crippen molar-refractivity contribution in [3.63, 3.8) is 0 Å². The summed E-state index contributed by atoms with van der Waals surface area (Å²) < 4.78 is 7.52. The van der Waals surface area contributed by atoms with Gasteiger partial charge in [-0.25, -0.2) is 9.67 Å². The number of amides is 1. The van der Waals surface area contributed by atoms with Gasteiger partial charge in [0.1, 0.15) is 5.82 Å². The molecule has 6 nitrogen and oxygen atoms in total. The molecule has 1 aromatic carbocycles. The van der Waals surface area contributed by atoms with E-state index in [0.29, 0.717) is 23.9 Å². The highest BCUT2D eigenvalue weighted by molar-refractivity contribution is 6.32. The van der Waals surface area contributed by atoms with Crippen LogP contribution in [-0.4, -0.2) is 39.4 Å². The molecule has 2 atom stereocenters. The molecule has 1 amide bonds. The standard InChI is InChI=1S/C20H27ClN4O2/c1-5-17-23-18(24-25(17)15-9-7-6-8-14(15)21)19(26)22-13-10-11-27-16(12-13)20(2,3)4/h6-9,13,16H,5,10-12H2,1-4H3,(H,22,26)/t13-,16-/m0/s1. The molecular weight excluding hydrogens is 364 g/mol. The topological polar surface area (TPSA) is 69.0 Å². The molecule has 1 aromatic heterocycles. The van der Waals surface area contributed by atoms with Crippen LogP contribution in [0.15, 0.2) is 24.3 Å². The molecule has 0 unspecified atom stereocenters. The van der Waals surface area contributed by atoms with Gasteiger partial charge < -0.3 is 10.1 Å². The Labute approximate surface area is 165 Å². The number of benzene rings is 1. The summed E-state index contributed by atoms with van der Waals surface area (Å²) in [5, 5.41) is 8.07. The Hall–Kier alpha value is -1.92. The maximum Gasteiger partial charge on any atom is 0.291 e. The Bertz CT molecular complexity index is 813. The normalized spacial score (nSPS) is 20.5. The predicted molar refractivity (Wildman–Crippen MR) is 105 cm³/mol. The molecule has 1 fully saturated rings. The largest absolute Gasteiger partial charge is 0.378 e. The molecule has 0 saturated carbocycles. The van der Waals surface area contributed by atoms with E-state index in [1.54, 1.807) is 10.7 Å². The van der Waals surface area contributed by atoms with E-state index in [2.05, 4.69) is 36.2 Å². The first-order valence-electron chi connectivity index (χ1n) is 9.43. The van der Waals surface area contributed by atoms with Crippen LogP contribution < -0.4 is 5.32 Å². The first-order valence-corrected chi connectivity index (χ1v) is 9.80. The third-order valence-electron chi connectivity index (χ3n) is 4.86. The van der Waals surface area contributed by atoms with E-state index >= 15 is 0 Å². The van der Waals surface area contributed by atoms with Gasteiger partial charge in [0.25, 0.3) is 5.91 Å². The SMILES string of the molecule is CCc1nc(C(=O)N[C@H]2CCO[C@H](C(C)(C)C)C2)nn1-c1ccccc1Cl. The summed E-state index contributed by atoms with van der Waals surface area (Å²) in [6.07, 6.45) is 2.36. The van der Waals surface area contributed by atoms with E-state index in [1.165, 1.54) is 0 Å². The minimum atomic E-state index is -0.255. The number of ether oxygens (including phenoxy) is 1. The lowest BCUT2D eigenvalue weighted by molar-refractivity contribution is -0.0570. The average Bonchev–Trinajstić information content (AvgIpc) is 3.06. The molecule has 0 spiro atoms. The molecule has 1 N–H and O–H groups in total. The number of hydrogen-bond donors (Lipinski definition) is 1. The molecule has 0 bridgehead atoms. The number of nitrogens with one attached hydrogen (secondary N) is 1. The summed E-state index contributed by atoms with van der Waals surface area (Å²) in [4.78, 5) is 17.2. The van der Waals surface area contributed by atoms with Crippen LogP contribution in [0.3, 0.4) is 0 Å². The van der Waals surface area contributed by atoms with E-state index in [0.717, 1.165) is 18.5 Å². The van der Waals surface area contributed by atoms with Crippen molar-refractivity contribution in [1.82, 2.24) is 20.1 Å². The lowest BCUT2D eigenvalue weighted by Gasteiger charge is -2.37. The van der Waals surface area contributed by atoms with E-state index in [9.17, 15) is 4.79 Å². The number of halogens is 1. The van der Waals surface area contributed by atoms with Crippen LogP contribution in [0.1, 0.15) is 57.0 Å². The van der Waals surface area contributed by atoms with Crippen molar-refractivity contribution >= 4 is 17.5 Å². The fourth-order valence-electron chi connectivity index (χ4n) is 3.27. The third-order valence-corrected chi connectivity index (χ3v) is 5.18. The van der Waals surface area contributed by atoms with Gasteiger partial charge in [0.05, 0.1) is 16.8 Å². The van der Waals surface area contributed by atoms with Gasteiger partial charge in [-0.2, -0.15) is 0 Å². The number of rotatable bonds is 4. The first-order chi connectivity index (χ1) is 12.8. The molecular formula is C20H27ClN4O2. The second kappa shape index (κ2) is 7.98. The number of carbonyl (C=O) groups excluding carboxylic acids is 1. The summed E-state index contributed by atoms with van der Waals surface area (Å²) in [5.74, 6) is 0.619. The predicted octanol–water partition coefficient (Wildman–Crippen LogP) is 3.81. The van der Waals surface area contributed by atoms with Crippen molar-refractivity contribution in [2.75, 3.05) is 6.61 Å². The Balaban J connectivity index is 1.77. The van der Waals surface area contributed by atoms with Crippen molar-refractivity contribution < 1.29 is 9.53 Å². The van der Waals surface area contributed by atoms with Crippen LogP contribution >= 0.6 is 11.6 Å². The number of carbonyl (C=O) groups is 1. The zero-order chi connectivity index (χ0) is 19.6. The number of para-hydroxylation sites is 1. The van der Waals surface area contributed by atoms with E-state index in [1.807, 2.05) is 25.1 Å². The third kappa shape index (κ3) is 4.50. The molecule has 146 valence electrons. The van der Waals surface area contributed by atoms with Gasteiger partial charge in [-0.1, -0.05) is 51.4 Å². The molecule has 27 heavy (non-hydrogen) atoms. The summed E-state index contributed by atoms with van der Waals surface area (Å²) in [7, 11) is 0. The number of aromatic nitrogens is 3. The van der Waals surface area contributed by atoms with Crippen LogP contribution in [0.25, 0.3) is 5.69 Å². The lowest BCUT2D eigenvalue weighted by atomic mass is 9.83. The molecule has 3 rings (SSSR count). The molecule has 2 heterocycles. The number of hydrogen-bond acceptors (Lipinski definition) is 4. The average molecular weight is 391 g/mol. The highest BCUT2D eigenvalue weighted by Crippen LogP contribution is 2.29. The fraction of sp³-hybridized carbons (Fsp3) is 0.550. The van der Waals surface area contributed by atoms with Gasteiger partial charge in [0.2, 0.25) is 5.82 Å². The highest BCUT2D eigenvalue weighted by atomic mass is 35.5. The molecule has 7 heteroatoms. The van der Waals surface area contributed by atoms with Gasteiger partial charge in [-0.15, -0.1) is 5.10 Å². The number of aryl methyl sites for hydroxylation is 1. The van der Waals surface area contributed by atoms with Gasteiger partial charge in [-0.3, -0.25) is 4.79 Å². The summed E-state index contributed by atoms with van der Waals surface area (Å²) in [6, 6.07) is 7.47. The van der Waals surface area contributed by atoms with Crippen molar-refractivity contribution in [3.05, 3.63) is 40.9 Å². The van der Waals surface area contributed by atoms with E-state index in [4.69, 9.17) is 16.3 Å². The minimum absolute atomic E-state index is 0.0443. The molecule has 1 aliphatic heterocycles. The fourth-order valence-corrected chi connectivity index (χ4v) is 3.48. The van der Waals surface area contributed by atoms with Gasteiger partial charge >= 0.3 is 0 Å². The zero-order valence-electron chi connectivity index (χ0n) is 16.3. The van der Waals surface area contributed by atoms with Gasteiger partial charge in [0, 0.05) is 19.1 Å². The Kier molecular flexibility index (Phi) is 5.86. The molecule has 1 aliphatic rings. The van der Waals surface area contributed by atoms with Crippen LogP contribution in [0, 0.1) is 5.41 Å². The number of nitrogens with zero attached hydrogens (tertiary/aromatic N) is 3. The smallest absolute Gasteiger partial charge is 0.291 e. The van der Waals surface area contributed by atoms with Crippen LogP contribution in [0.4, 0.5) is 0 Å². The second-order valence-electron chi connectivity index (χ2n) is 7.99. The van der Waals surface area contributed by atoms with Crippen LogP contribution in [0.5, 0.6) is 0 Å². The first kappa shape index (κ1) is 19.8. The Morgan fingerprint density at radius 3 is 2.78 bits per heavy atom. The quantitative estimate of drug-likeness (QED) is 0.861. The lowest BCUT2D eigenvalue weighted by Crippen LogP contribution is -2.46. The van der Waals surface area contributed by atoms with Gasteiger partial charge in [0.15, 0.2) is 0 Å². The van der Waals surface area contributed by atoms with Crippen molar-refractivity contribution in [2.24, 2.45) is 5.41 Å². The zero-order valence-corrected chi connectivity index (χ0v) is 17.1. The summed E-state index contributed by atoms with van der Waals surface area (Å²) in [6.45, 7) is 9.09. The van der Waals surface area contributed by atoms with E-state index in [-0.39, 0.29) is 29.3 Å². The van der Waals surface area contributed by atoms with Crippen molar-refractivity contribution in [3.8, 4) is 5.69 Å². The summed E-state index contributed by atoms with van der Waals surface area (Å²) >= 11 is 6.29. The maximum absolute atomic E-state index is 12.7. The van der Waals surface area contributed by atoms with Crippen LogP contribution in [0.2, 0.25) is 5.02 Å². The maximum atomic E-state index is 12.7.